The van der Waals surface area contributed by atoms with Gasteiger partial charge in [0.15, 0.2) is 0 Å². The third-order valence-electron chi connectivity index (χ3n) is 5.90. The highest BCUT2D eigenvalue weighted by molar-refractivity contribution is 9.10. The Hall–Kier alpha value is -1.63. The Morgan fingerprint density at radius 3 is 2.21 bits per heavy atom. The van der Waals surface area contributed by atoms with Crippen LogP contribution in [0.15, 0.2) is 59.1 Å². The summed E-state index contributed by atoms with van der Waals surface area (Å²) >= 11 is 3.68. The molecule has 2 aromatic rings. The summed E-state index contributed by atoms with van der Waals surface area (Å²) in [5, 5.41) is 10.2. The fraction of sp³-hybridized carbons (Fsp3) is 0.480. The fourth-order valence-electron chi connectivity index (χ4n) is 4.09. The molecule has 0 aliphatic heterocycles. The molecule has 2 rings (SSSR count). The summed E-state index contributed by atoms with van der Waals surface area (Å²) in [7, 11) is 0. The second kappa shape index (κ2) is 10.8. The van der Waals surface area contributed by atoms with Gasteiger partial charge >= 0.3 is 0 Å². The zero-order valence-corrected chi connectivity index (χ0v) is 19.2. The van der Waals surface area contributed by atoms with E-state index in [4.69, 9.17) is 0 Å². The van der Waals surface area contributed by atoms with Crippen molar-refractivity contribution >= 4 is 15.9 Å². The lowest BCUT2D eigenvalue weighted by atomic mass is 9.70. The maximum Gasteiger partial charge on any atom is 0.0856 e. The summed E-state index contributed by atoms with van der Waals surface area (Å²) in [5.74, 6) is 0.252. The summed E-state index contributed by atoms with van der Waals surface area (Å²) in [5.41, 5.74) is 2.01. The molecule has 0 spiro atoms. The number of hydrogen-bond donors (Lipinski definition) is 0. The van der Waals surface area contributed by atoms with Crippen molar-refractivity contribution in [3.63, 3.8) is 0 Å². The molecule has 0 N–H and O–H groups in total. The molecule has 2 unspecified atom stereocenters. The van der Waals surface area contributed by atoms with E-state index in [2.05, 4.69) is 91.0 Å². The molecule has 0 bridgehead atoms. The Balaban J connectivity index is 2.16. The third-order valence-corrected chi connectivity index (χ3v) is 6.59. The van der Waals surface area contributed by atoms with Crippen LogP contribution in [0.5, 0.6) is 0 Å². The van der Waals surface area contributed by atoms with Crippen molar-refractivity contribution in [2.24, 2.45) is 5.92 Å². The topological polar surface area (TPSA) is 27.0 Å². The highest BCUT2D eigenvalue weighted by Crippen LogP contribution is 2.40. The van der Waals surface area contributed by atoms with Crippen LogP contribution in [0.25, 0.3) is 0 Å². The van der Waals surface area contributed by atoms with Crippen LogP contribution in [-0.2, 0) is 5.41 Å². The molecule has 0 aliphatic rings. The van der Waals surface area contributed by atoms with Crippen LogP contribution in [0.3, 0.4) is 0 Å². The van der Waals surface area contributed by atoms with E-state index in [0.29, 0.717) is 6.04 Å². The molecule has 2 aromatic carbocycles. The second-order valence-electron chi connectivity index (χ2n) is 7.94. The highest BCUT2D eigenvalue weighted by Gasteiger charge is 2.37. The molecule has 0 saturated heterocycles. The van der Waals surface area contributed by atoms with Gasteiger partial charge in [0.1, 0.15) is 0 Å². The Morgan fingerprint density at radius 1 is 1.00 bits per heavy atom. The summed E-state index contributed by atoms with van der Waals surface area (Å²) in [6, 6.07) is 22.0. The average molecular weight is 441 g/mol. The van der Waals surface area contributed by atoms with E-state index < -0.39 is 5.41 Å². The second-order valence-corrected chi connectivity index (χ2v) is 8.80. The predicted octanol–water partition coefficient (Wildman–Crippen LogP) is 7.12. The van der Waals surface area contributed by atoms with Gasteiger partial charge < -0.3 is 0 Å². The molecular weight excluding hydrogens is 408 g/mol. The van der Waals surface area contributed by atoms with Gasteiger partial charge in [0, 0.05) is 10.5 Å². The van der Waals surface area contributed by atoms with Crippen LogP contribution in [0.4, 0.5) is 0 Å². The Labute approximate surface area is 179 Å². The molecule has 0 aliphatic carbocycles. The van der Waals surface area contributed by atoms with Crippen molar-refractivity contribution in [3.05, 3.63) is 70.2 Å². The first kappa shape index (κ1) is 22.7. The zero-order valence-electron chi connectivity index (χ0n) is 17.7. The molecule has 2 atom stereocenters. The van der Waals surface area contributed by atoms with Crippen molar-refractivity contribution < 1.29 is 0 Å². The average Bonchev–Trinajstić information content (AvgIpc) is 2.71. The maximum atomic E-state index is 10.2. The van der Waals surface area contributed by atoms with Gasteiger partial charge in [-0.05, 0) is 62.4 Å². The van der Waals surface area contributed by atoms with E-state index >= 15 is 0 Å². The monoisotopic (exact) mass is 440 g/mol. The molecule has 3 heteroatoms. The van der Waals surface area contributed by atoms with E-state index in [1.165, 1.54) is 5.56 Å². The lowest BCUT2D eigenvalue weighted by Crippen LogP contribution is -2.34. The van der Waals surface area contributed by atoms with Gasteiger partial charge in [-0.15, -0.1) is 0 Å². The summed E-state index contributed by atoms with van der Waals surface area (Å²) < 4.78 is 1.04. The summed E-state index contributed by atoms with van der Waals surface area (Å²) in [6.45, 7) is 10.9. The Kier molecular flexibility index (Phi) is 8.73. The fourth-order valence-corrected chi connectivity index (χ4v) is 4.73. The normalized spacial score (nSPS) is 14.6. The van der Waals surface area contributed by atoms with Gasteiger partial charge in [-0.2, -0.15) is 5.26 Å². The van der Waals surface area contributed by atoms with Crippen LogP contribution < -0.4 is 0 Å². The number of benzene rings is 2. The van der Waals surface area contributed by atoms with Crippen molar-refractivity contribution in [1.82, 2.24) is 4.90 Å². The highest BCUT2D eigenvalue weighted by atomic mass is 79.9. The van der Waals surface area contributed by atoms with Gasteiger partial charge in [-0.1, -0.05) is 85.2 Å². The molecule has 0 aromatic heterocycles. The van der Waals surface area contributed by atoms with Gasteiger partial charge in [0.05, 0.1) is 11.5 Å². The summed E-state index contributed by atoms with van der Waals surface area (Å²) in [6.07, 6.45) is 3.00. The zero-order chi connectivity index (χ0) is 20.6. The molecule has 28 heavy (non-hydrogen) atoms. The Morgan fingerprint density at radius 2 is 1.64 bits per heavy atom. The molecular formula is C25H33BrN2. The molecule has 0 amide bonds. The minimum Gasteiger partial charge on any atom is -0.297 e. The minimum absolute atomic E-state index is 0.252. The maximum absolute atomic E-state index is 10.2. The number of hydrogen-bond acceptors (Lipinski definition) is 2. The molecule has 0 heterocycles. The summed E-state index contributed by atoms with van der Waals surface area (Å²) in [4.78, 5) is 2.55. The molecule has 150 valence electrons. The lowest BCUT2D eigenvalue weighted by Gasteiger charge is -2.34. The Bertz CT molecular complexity index is 766. The van der Waals surface area contributed by atoms with Gasteiger partial charge in [0.2, 0.25) is 0 Å². The van der Waals surface area contributed by atoms with Gasteiger partial charge in [0.25, 0.3) is 0 Å². The standard InChI is InChI=1S/C25H33BrN2/c1-5-17-28(21(4)22-12-7-6-8-13-22)18-11-16-25(19-27,20(2)3)23-14-9-10-15-24(23)26/h6-10,12-15,20-21H,5,11,16-18H2,1-4H3. The van der Waals surface area contributed by atoms with E-state index in [1.54, 1.807) is 0 Å². The number of nitriles is 1. The minimum atomic E-state index is -0.464. The predicted molar refractivity (Wildman–Crippen MR) is 122 cm³/mol. The largest absolute Gasteiger partial charge is 0.297 e. The first-order chi connectivity index (χ1) is 13.5. The van der Waals surface area contributed by atoms with Crippen LogP contribution in [0.2, 0.25) is 0 Å². The van der Waals surface area contributed by atoms with E-state index in [1.807, 2.05) is 18.2 Å². The number of nitrogens with zero attached hydrogens (tertiary/aromatic N) is 2. The van der Waals surface area contributed by atoms with Crippen LogP contribution in [0.1, 0.15) is 64.1 Å². The van der Waals surface area contributed by atoms with E-state index in [0.717, 1.165) is 42.4 Å². The van der Waals surface area contributed by atoms with Crippen molar-refractivity contribution in [2.45, 2.75) is 58.4 Å². The number of halogens is 1. The van der Waals surface area contributed by atoms with E-state index in [9.17, 15) is 5.26 Å². The third kappa shape index (κ3) is 5.25. The first-order valence-electron chi connectivity index (χ1n) is 10.4. The van der Waals surface area contributed by atoms with Gasteiger partial charge in [-0.25, -0.2) is 0 Å². The van der Waals surface area contributed by atoms with Crippen LogP contribution >= 0.6 is 15.9 Å². The molecule has 0 saturated carbocycles. The van der Waals surface area contributed by atoms with E-state index in [-0.39, 0.29) is 5.92 Å². The van der Waals surface area contributed by atoms with Crippen molar-refractivity contribution in [3.8, 4) is 6.07 Å². The molecule has 0 radical (unpaired) electrons. The lowest BCUT2D eigenvalue weighted by molar-refractivity contribution is 0.198. The first-order valence-corrected chi connectivity index (χ1v) is 11.2. The van der Waals surface area contributed by atoms with Crippen LogP contribution in [-0.4, -0.2) is 18.0 Å². The number of rotatable bonds is 10. The molecule has 0 fully saturated rings. The van der Waals surface area contributed by atoms with Crippen molar-refractivity contribution in [1.29, 1.82) is 5.26 Å². The SMILES string of the molecule is CCCN(CCCC(C#N)(c1ccccc1Br)C(C)C)C(C)c1ccccc1. The smallest absolute Gasteiger partial charge is 0.0856 e. The van der Waals surface area contributed by atoms with Crippen molar-refractivity contribution in [2.75, 3.05) is 13.1 Å². The van der Waals surface area contributed by atoms with Crippen LogP contribution in [0, 0.1) is 17.2 Å². The quantitative estimate of drug-likeness (QED) is 0.393. The molecule has 2 nitrogen and oxygen atoms in total. The van der Waals surface area contributed by atoms with Gasteiger partial charge in [-0.3, -0.25) is 4.90 Å².